The SMILES string of the molecule is CNCC1CCN(C(=O)c2ccc(OC)cc2)C1.Cl. The molecule has 106 valence electrons. The molecule has 1 heterocycles. The van der Waals surface area contributed by atoms with Crippen molar-refractivity contribution in [1.29, 1.82) is 0 Å². The molecule has 1 amide bonds. The summed E-state index contributed by atoms with van der Waals surface area (Å²) < 4.78 is 5.09. The Morgan fingerprint density at radius 1 is 1.42 bits per heavy atom. The molecular weight excluding hydrogens is 264 g/mol. The van der Waals surface area contributed by atoms with Crippen LogP contribution in [0.1, 0.15) is 16.8 Å². The number of methoxy groups -OCH3 is 1. The van der Waals surface area contributed by atoms with Gasteiger partial charge in [0.1, 0.15) is 5.75 Å². The molecule has 1 saturated heterocycles. The van der Waals surface area contributed by atoms with Gasteiger partial charge in [0, 0.05) is 18.7 Å². The largest absolute Gasteiger partial charge is 0.497 e. The van der Waals surface area contributed by atoms with Crippen molar-refractivity contribution in [2.45, 2.75) is 6.42 Å². The van der Waals surface area contributed by atoms with E-state index in [4.69, 9.17) is 4.74 Å². The monoisotopic (exact) mass is 284 g/mol. The van der Waals surface area contributed by atoms with E-state index in [-0.39, 0.29) is 18.3 Å². The molecule has 19 heavy (non-hydrogen) atoms. The van der Waals surface area contributed by atoms with Crippen LogP contribution in [0.4, 0.5) is 0 Å². The lowest BCUT2D eigenvalue weighted by Crippen LogP contribution is -2.30. The summed E-state index contributed by atoms with van der Waals surface area (Å²) in [7, 11) is 3.58. The van der Waals surface area contributed by atoms with E-state index in [0.29, 0.717) is 5.92 Å². The molecule has 1 N–H and O–H groups in total. The van der Waals surface area contributed by atoms with Gasteiger partial charge in [-0.3, -0.25) is 4.79 Å². The van der Waals surface area contributed by atoms with Gasteiger partial charge < -0.3 is 15.0 Å². The number of hydrogen-bond acceptors (Lipinski definition) is 3. The molecule has 1 aromatic carbocycles. The number of benzene rings is 1. The van der Waals surface area contributed by atoms with Crippen molar-refractivity contribution in [2.75, 3.05) is 33.8 Å². The number of rotatable bonds is 4. The second-order valence-electron chi connectivity index (χ2n) is 4.69. The van der Waals surface area contributed by atoms with Crippen LogP contribution < -0.4 is 10.1 Å². The van der Waals surface area contributed by atoms with Gasteiger partial charge in [-0.15, -0.1) is 12.4 Å². The van der Waals surface area contributed by atoms with Crippen molar-refractivity contribution < 1.29 is 9.53 Å². The first-order valence-corrected chi connectivity index (χ1v) is 6.32. The van der Waals surface area contributed by atoms with E-state index in [0.717, 1.165) is 37.4 Å². The molecule has 0 saturated carbocycles. The second-order valence-corrected chi connectivity index (χ2v) is 4.69. The maximum atomic E-state index is 12.3. The Morgan fingerprint density at radius 2 is 2.11 bits per heavy atom. The number of nitrogens with zero attached hydrogens (tertiary/aromatic N) is 1. The number of amides is 1. The van der Waals surface area contributed by atoms with Crippen LogP contribution in [0.15, 0.2) is 24.3 Å². The van der Waals surface area contributed by atoms with Crippen LogP contribution in [-0.2, 0) is 0 Å². The molecule has 1 aliphatic heterocycles. The van der Waals surface area contributed by atoms with E-state index in [9.17, 15) is 4.79 Å². The van der Waals surface area contributed by atoms with Crippen LogP contribution in [0, 0.1) is 5.92 Å². The minimum atomic E-state index is 0. The zero-order chi connectivity index (χ0) is 13.0. The van der Waals surface area contributed by atoms with Gasteiger partial charge in [-0.25, -0.2) is 0 Å². The fourth-order valence-electron chi connectivity index (χ4n) is 2.39. The molecule has 1 unspecified atom stereocenters. The average molecular weight is 285 g/mol. The lowest BCUT2D eigenvalue weighted by atomic mass is 10.1. The first-order chi connectivity index (χ1) is 8.74. The minimum absolute atomic E-state index is 0. The molecular formula is C14H21ClN2O2. The lowest BCUT2D eigenvalue weighted by molar-refractivity contribution is 0.0787. The fourth-order valence-corrected chi connectivity index (χ4v) is 2.39. The standard InChI is InChI=1S/C14H20N2O2.ClH/c1-15-9-11-7-8-16(10-11)14(17)12-3-5-13(18-2)6-4-12;/h3-6,11,15H,7-10H2,1-2H3;1H. The molecule has 5 heteroatoms. The lowest BCUT2D eigenvalue weighted by Gasteiger charge is -2.16. The van der Waals surface area contributed by atoms with Gasteiger partial charge in [0.25, 0.3) is 5.91 Å². The van der Waals surface area contributed by atoms with Crippen LogP contribution in [0.2, 0.25) is 0 Å². The Bertz CT molecular complexity index is 408. The molecule has 2 rings (SSSR count). The molecule has 0 radical (unpaired) electrons. The van der Waals surface area contributed by atoms with Crippen LogP contribution in [-0.4, -0.2) is 44.6 Å². The Kier molecular flexibility index (Phi) is 6.12. The van der Waals surface area contributed by atoms with Crippen LogP contribution in [0.25, 0.3) is 0 Å². The molecule has 0 bridgehead atoms. The zero-order valence-corrected chi connectivity index (χ0v) is 12.2. The van der Waals surface area contributed by atoms with Gasteiger partial charge in [0.2, 0.25) is 0 Å². The van der Waals surface area contributed by atoms with Crippen LogP contribution in [0.3, 0.4) is 0 Å². The highest BCUT2D eigenvalue weighted by Gasteiger charge is 2.26. The molecule has 1 aliphatic rings. The second kappa shape index (κ2) is 7.36. The van der Waals surface area contributed by atoms with Crippen molar-refractivity contribution in [1.82, 2.24) is 10.2 Å². The Hall–Kier alpha value is -1.26. The topological polar surface area (TPSA) is 41.6 Å². The van der Waals surface area contributed by atoms with E-state index in [1.807, 2.05) is 36.2 Å². The Labute approximate surface area is 120 Å². The summed E-state index contributed by atoms with van der Waals surface area (Å²) in [6.45, 7) is 2.69. The summed E-state index contributed by atoms with van der Waals surface area (Å²) in [5, 5.41) is 3.17. The fraction of sp³-hybridized carbons (Fsp3) is 0.500. The average Bonchev–Trinajstić information content (AvgIpc) is 2.87. The first kappa shape index (κ1) is 15.8. The third-order valence-corrected chi connectivity index (χ3v) is 3.40. The number of carbonyl (C=O) groups is 1. The zero-order valence-electron chi connectivity index (χ0n) is 11.4. The van der Waals surface area contributed by atoms with Gasteiger partial charge in [0.15, 0.2) is 0 Å². The molecule has 4 nitrogen and oxygen atoms in total. The summed E-state index contributed by atoms with van der Waals surface area (Å²) in [6.07, 6.45) is 1.09. The van der Waals surface area contributed by atoms with Crippen LogP contribution >= 0.6 is 12.4 Å². The van der Waals surface area contributed by atoms with E-state index in [2.05, 4.69) is 5.32 Å². The van der Waals surface area contributed by atoms with E-state index in [1.54, 1.807) is 7.11 Å². The molecule has 1 fully saturated rings. The van der Waals surface area contributed by atoms with E-state index in [1.165, 1.54) is 0 Å². The van der Waals surface area contributed by atoms with Crippen molar-refractivity contribution in [3.63, 3.8) is 0 Å². The van der Waals surface area contributed by atoms with Gasteiger partial charge in [-0.2, -0.15) is 0 Å². The number of ether oxygens (including phenoxy) is 1. The van der Waals surface area contributed by atoms with E-state index < -0.39 is 0 Å². The smallest absolute Gasteiger partial charge is 0.253 e. The van der Waals surface area contributed by atoms with Crippen molar-refractivity contribution in [3.05, 3.63) is 29.8 Å². The maximum Gasteiger partial charge on any atom is 0.253 e. The Morgan fingerprint density at radius 3 is 2.68 bits per heavy atom. The number of nitrogens with one attached hydrogen (secondary N) is 1. The minimum Gasteiger partial charge on any atom is -0.497 e. The summed E-state index contributed by atoms with van der Waals surface area (Å²) in [5.74, 6) is 1.48. The normalized spacial score (nSPS) is 18.0. The number of halogens is 1. The summed E-state index contributed by atoms with van der Waals surface area (Å²) in [5.41, 5.74) is 0.737. The molecule has 1 atom stereocenters. The predicted molar refractivity (Wildman–Crippen MR) is 78.2 cm³/mol. The summed E-state index contributed by atoms with van der Waals surface area (Å²) in [6, 6.07) is 7.31. The quantitative estimate of drug-likeness (QED) is 0.917. The van der Waals surface area contributed by atoms with Crippen molar-refractivity contribution in [2.24, 2.45) is 5.92 Å². The van der Waals surface area contributed by atoms with Gasteiger partial charge in [-0.05, 0) is 50.2 Å². The van der Waals surface area contributed by atoms with Gasteiger partial charge in [0.05, 0.1) is 7.11 Å². The number of carbonyl (C=O) groups excluding carboxylic acids is 1. The summed E-state index contributed by atoms with van der Waals surface area (Å²) in [4.78, 5) is 14.2. The molecule has 0 spiro atoms. The maximum absolute atomic E-state index is 12.3. The highest BCUT2D eigenvalue weighted by atomic mass is 35.5. The van der Waals surface area contributed by atoms with Crippen molar-refractivity contribution >= 4 is 18.3 Å². The molecule has 1 aromatic rings. The third kappa shape index (κ3) is 3.85. The molecule has 0 aromatic heterocycles. The highest BCUT2D eigenvalue weighted by Crippen LogP contribution is 2.19. The van der Waals surface area contributed by atoms with E-state index >= 15 is 0 Å². The number of hydrogen-bond donors (Lipinski definition) is 1. The number of likely N-dealkylation sites (tertiary alicyclic amines) is 1. The third-order valence-electron chi connectivity index (χ3n) is 3.40. The highest BCUT2D eigenvalue weighted by molar-refractivity contribution is 5.94. The summed E-state index contributed by atoms with van der Waals surface area (Å²) >= 11 is 0. The molecule has 0 aliphatic carbocycles. The van der Waals surface area contributed by atoms with Crippen molar-refractivity contribution in [3.8, 4) is 5.75 Å². The van der Waals surface area contributed by atoms with Crippen LogP contribution in [0.5, 0.6) is 5.75 Å². The van der Waals surface area contributed by atoms with Gasteiger partial charge >= 0.3 is 0 Å². The first-order valence-electron chi connectivity index (χ1n) is 6.32. The predicted octanol–water partition coefficient (Wildman–Crippen LogP) is 1.80. The Balaban J connectivity index is 0.00000180. The van der Waals surface area contributed by atoms with Gasteiger partial charge in [-0.1, -0.05) is 0 Å².